The van der Waals surface area contributed by atoms with Crippen LogP contribution >= 0.6 is 27.5 Å². The molecule has 0 radical (unpaired) electrons. The summed E-state index contributed by atoms with van der Waals surface area (Å²) < 4.78 is 11.6. The van der Waals surface area contributed by atoms with Gasteiger partial charge in [-0.25, -0.2) is 0 Å². The minimum Gasteiger partial charge on any atom is -0.497 e. The number of nitrogens with two attached hydrogens (primary N) is 1. The molecule has 0 aromatic heterocycles. The number of benzene rings is 2. The van der Waals surface area contributed by atoms with Crippen molar-refractivity contribution in [2.45, 2.75) is 0 Å². The first-order valence-electron chi connectivity index (χ1n) is 5.84. The third-order valence-corrected chi connectivity index (χ3v) is 3.54. The molecule has 0 spiro atoms. The molecule has 0 bridgehead atoms. The number of ether oxygens (including phenoxy) is 2. The Morgan fingerprint density at radius 2 is 2.00 bits per heavy atom. The number of amidine groups is 1. The second kappa shape index (κ2) is 6.69. The van der Waals surface area contributed by atoms with Gasteiger partial charge in [-0.1, -0.05) is 16.8 Å². The Bertz CT molecular complexity index is 692. The van der Waals surface area contributed by atoms with Gasteiger partial charge in [-0.3, -0.25) is 0 Å². The normalized spacial score (nSPS) is 11.3. The smallest absolute Gasteiger partial charge is 0.173 e. The van der Waals surface area contributed by atoms with Crippen LogP contribution in [0.1, 0.15) is 5.56 Å². The zero-order valence-electron chi connectivity index (χ0n) is 11.0. The van der Waals surface area contributed by atoms with Crippen molar-refractivity contribution >= 4 is 33.4 Å². The maximum absolute atomic E-state index is 8.82. The van der Waals surface area contributed by atoms with Crippen LogP contribution in [-0.4, -0.2) is 18.2 Å². The second-order valence-electron chi connectivity index (χ2n) is 4.02. The zero-order chi connectivity index (χ0) is 15.4. The summed E-state index contributed by atoms with van der Waals surface area (Å²) in [4.78, 5) is 0. The van der Waals surface area contributed by atoms with Crippen LogP contribution < -0.4 is 15.2 Å². The van der Waals surface area contributed by atoms with Gasteiger partial charge in [-0.05, 0) is 46.3 Å². The van der Waals surface area contributed by atoms with E-state index in [4.69, 9.17) is 32.0 Å². The summed E-state index contributed by atoms with van der Waals surface area (Å²) in [6, 6.07) is 10.1. The summed E-state index contributed by atoms with van der Waals surface area (Å²) >= 11 is 9.36. The van der Waals surface area contributed by atoms with Gasteiger partial charge in [0, 0.05) is 11.1 Å². The van der Waals surface area contributed by atoms with Gasteiger partial charge in [0.25, 0.3) is 0 Å². The lowest BCUT2D eigenvalue weighted by atomic mass is 10.2. The Labute approximate surface area is 135 Å². The van der Waals surface area contributed by atoms with Crippen molar-refractivity contribution in [3.8, 4) is 17.2 Å². The van der Waals surface area contributed by atoms with Crippen LogP contribution in [0.3, 0.4) is 0 Å². The van der Waals surface area contributed by atoms with Crippen molar-refractivity contribution in [1.29, 1.82) is 0 Å². The first-order chi connectivity index (χ1) is 10.0. The van der Waals surface area contributed by atoms with Crippen molar-refractivity contribution in [2.24, 2.45) is 10.9 Å². The van der Waals surface area contributed by atoms with E-state index in [0.29, 0.717) is 32.3 Å². The monoisotopic (exact) mass is 370 g/mol. The van der Waals surface area contributed by atoms with Crippen LogP contribution in [-0.2, 0) is 0 Å². The molecule has 0 unspecified atom stereocenters. The molecule has 0 saturated carbocycles. The number of hydrogen-bond acceptors (Lipinski definition) is 4. The number of hydrogen-bond donors (Lipinski definition) is 2. The average molecular weight is 372 g/mol. The van der Waals surface area contributed by atoms with Crippen molar-refractivity contribution in [3.63, 3.8) is 0 Å². The van der Waals surface area contributed by atoms with Gasteiger partial charge in [-0.15, -0.1) is 0 Å². The summed E-state index contributed by atoms with van der Waals surface area (Å²) in [6.45, 7) is 0. The topological polar surface area (TPSA) is 77.1 Å². The molecule has 0 aliphatic rings. The van der Waals surface area contributed by atoms with Crippen LogP contribution in [0.2, 0.25) is 5.02 Å². The third-order valence-electron chi connectivity index (χ3n) is 2.69. The first-order valence-corrected chi connectivity index (χ1v) is 7.01. The van der Waals surface area contributed by atoms with E-state index < -0.39 is 0 Å². The third kappa shape index (κ3) is 3.59. The van der Waals surface area contributed by atoms with Gasteiger partial charge in [0.05, 0.1) is 17.1 Å². The Hall–Kier alpha value is -1.92. The minimum absolute atomic E-state index is 0.0636. The van der Waals surface area contributed by atoms with E-state index in [2.05, 4.69) is 21.1 Å². The summed E-state index contributed by atoms with van der Waals surface area (Å²) in [5.74, 6) is 1.55. The maximum Gasteiger partial charge on any atom is 0.173 e. The zero-order valence-corrected chi connectivity index (χ0v) is 13.4. The molecule has 3 N–H and O–H groups in total. The van der Waals surface area contributed by atoms with Gasteiger partial charge in [0.1, 0.15) is 17.2 Å². The van der Waals surface area contributed by atoms with Crippen LogP contribution in [0.5, 0.6) is 17.2 Å². The van der Waals surface area contributed by atoms with E-state index in [-0.39, 0.29) is 5.84 Å². The molecule has 5 nitrogen and oxygen atoms in total. The first kappa shape index (κ1) is 15.5. The fourth-order valence-electron chi connectivity index (χ4n) is 1.66. The highest BCUT2D eigenvalue weighted by Crippen LogP contribution is 2.35. The molecule has 7 heteroatoms. The number of rotatable bonds is 4. The van der Waals surface area contributed by atoms with E-state index in [1.54, 1.807) is 43.5 Å². The molecule has 2 aromatic carbocycles. The summed E-state index contributed by atoms with van der Waals surface area (Å²) in [6.07, 6.45) is 0. The Morgan fingerprint density at radius 1 is 1.24 bits per heavy atom. The highest BCUT2D eigenvalue weighted by Gasteiger charge is 2.12. The Morgan fingerprint density at radius 3 is 2.62 bits per heavy atom. The minimum atomic E-state index is -0.0636. The Kier molecular flexibility index (Phi) is 4.93. The van der Waals surface area contributed by atoms with Crippen LogP contribution in [0, 0.1) is 0 Å². The van der Waals surface area contributed by atoms with Crippen molar-refractivity contribution < 1.29 is 14.7 Å². The summed E-state index contributed by atoms with van der Waals surface area (Å²) in [7, 11) is 1.58. The van der Waals surface area contributed by atoms with Crippen molar-refractivity contribution in [3.05, 3.63) is 51.5 Å². The van der Waals surface area contributed by atoms with Crippen LogP contribution in [0.25, 0.3) is 0 Å². The molecule has 0 aliphatic carbocycles. The lowest BCUT2D eigenvalue weighted by molar-refractivity contribution is 0.318. The predicted molar refractivity (Wildman–Crippen MR) is 84.7 cm³/mol. The highest BCUT2D eigenvalue weighted by atomic mass is 79.9. The predicted octanol–water partition coefficient (Wildman–Crippen LogP) is 4.00. The fraction of sp³-hybridized carbons (Fsp3) is 0.0714. The van der Waals surface area contributed by atoms with Crippen molar-refractivity contribution in [2.75, 3.05) is 7.11 Å². The molecule has 2 rings (SSSR count). The number of nitrogens with zero attached hydrogens (tertiary/aromatic N) is 1. The molecular weight excluding hydrogens is 360 g/mol. The van der Waals surface area contributed by atoms with E-state index in [1.807, 2.05) is 0 Å². The van der Waals surface area contributed by atoms with E-state index in [9.17, 15) is 0 Å². The molecule has 0 aliphatic heterocycles. The summed E-state index contributed by atoms with van der Waals surface area (Å²) in [5, 5.41) is 12.3. The second-order valence-corrected chi connectivity index (χ2v) is 5.31. The molecule has 0 heterocycles. The van der Waals surface area contributed by atoms with Gasteiger partial charge < -0.3 is 20.4 Å². The van der Waals surface area contributed by atoms with E-state index in [1.165, 1.54) is 0 Å². The molecule has 0 saturated heterocycles. The average Bonchev–Trinajstić information content (AvgIpc) is 2.48. The van der Waals surface area contributed by atoms with Gasteiger partial charge in [0.15, 0.2) is 5.84 Å². The van der Waals surface area contributed by atoms with Crippen LogP contribution in [0.15, 0.2) is 46.0 Å². The van der Waals surface area contributed by atoms with E-state index in [0.717, 1.165) is 0 Å². The van der Waals surface area contributed by atoms with Gasteiger partial charge in [-0.2, -0.15) is 0 Å². The number of methoxy groups -OCH3 is 1. The molecule has 0 amide bonds. The quantitative estimate of drug-likeness (QED) is 0.368. The molecule has 21 heavy (non-hydrogen) atoms. The fourth-order valence-corrected chi connectivity index (χ4v) is 2.26. The molecular formula is C14H12BrClN2O3. The molecule has 2 aromatic rings. The molecule has 0 atom stereocenters. The number of halogens is 2. The highest BCUT2D eigenvalue weighted by molar-refractivity contribution is 9.10. The van der Waals surface area contributed by atoms with Gasteiger partial charge >= 0.3 is 0 Å². The number of oxime groups is 1. The largest absolute Gasteiger partial charge is 0.497 e. The molecule has 0 fully saturated rings. The lowest BCUT2D eigenvalue weighted by Gasteiger charge is -2.12. The van der Waals surface area contributed by atoms with Gasteiger partial charge in [0.2, 0.25) is 0 Å². The van der Waals surface area contributed by atoms with Crippen LogP contribution in [0.4, 0.5) is 0 Å². The van der Waals surface area contributed by atoms with Crippen molar-refractivity contribution in [1.82, 2.24) is 0 Å². The lowest BCUT2D eigenvalue weighted by Crippen LogP contribution is -2.14. The maximum atomic E-state index is 8.82. The van der Waals surface area contributed by atoms with E-state index >= 15 is 0 Å². The standard InChI is InChI=1S/C14H12BrClN2O3/c1-20-9-3-5-12(11(15)7-9)21-13-6-8(16)2-4-10(13)14(17)18-19/h2-7,19H,1H3,(H2,17,18). The Balaban J connectivity index is 2.41. The molecule has 110 valence electrons. The SMILES string of the molecule is COc1ccc(Oc2cc(Cl)ccc2/C(N)=N/O)c(Br)c1. The summed E-state index contributed by atoms with van der Waals surface area (Å²) in [5.41, 5.74) is 6.06.